The Morgan fingerprint density at radius 2 is 2.23 bits per heavy atom. The van der Waals surface area contributed by atoms with Crippen LogP contribution in [-0.2, 0) is 10.0 Å². The number of hydrogen-bond donors (Lipinski definition) is 2. The monoisotopic (exact) mass is 319 g/mol. The summed E-state index contributed by atoms with van der Waals surface area (Å²) in [6.45, 7) is 4.42. The summed E-state index contributed by atoms with van der Waals surface area (Å²) in [5.74, 6) is 0. The van der Waals surface area contributed by atoms with Crippen molar-refractivity contribution in [3.63, 3.8) is 0 Å². The SMILES string of the molecule is CC1(CNS(=O)(=O)c2cccc3cnccc23)CCCNC1. The second-order valence-electron chi connectivity index (χ2n) is 6.27. The Bertz CT molecular complexity index is 763. The van der Waals surface area contributed by atoms with Gasteiger partial charge in [-0.3, -0.25) is 4.98 Å². The third kappa shape index (κ3) is 3.14. The molecule has 0 bridgehead atoms. The topological polar surface area (TPSA) is 71.1 Å². The number of nitrogens with zero attached hydrogens (tertiary/aromatic N) is 1. The molecule has 1 aromatic carbocycles. The third-order valence-electron chi connectivity index (χ3n) is 4.30. The Hall–Kier alpha value is -1.50. The number of pyridine rings is 1. The molecular weight excluding hydrogens is 298 g/mol. The summed E-state index contributed by atoms with van der Waals surface area (Å²) in [5.41, 5.74) is -0.0303. The zero-order valence-electron chi connectivity index (χ0n) is 12.7. The number of nitrogens with one attached hydrogen (secondary N) is 2. The van der Waals surface area contributed by atoms with Gasteiger partial charge in [-0.1, -0.05) is 19.1 Å². The molecule has 0 saturated carbocycles. The lowest BCUT2D eigenvalue weighted by Crippen LogP contribution is -2.45. The van der Waals surface area contributed by atoms with Crippen LogP contribution in [0.1, 0.15) is 19.8 Å². The molecule has 0 amide bonds. The molecule has 118 valence electrons. The number of aromatic nitrogens is 1. The summed E-state index contributed by atoms with van der Waals surface area (Å²) in [4.78, 5) is 4.36. The van der Waals surface area contributed by atoms with Crippen LogP contribution in [0.4, 0.5) is 0 Å². The molecule has 6 heteroatoms. The van der Waals surface area contributed by atoms with E-state index in [0.717, 1.165) is 31.3 Å². The fourth-order valence-electron chi connectivity index (χ4n) is 2.94. The first-order valence-corrected chi connectivity index (χ1v) is 9.02. The van der Waals surface area contributed by atoms with E-state index in [-0.39, 0.29) is 5.41 Å². The Kier molecular flexibility index (Phi) is 4.16. The fourth-order valence-corrected chi connectivity index (χ4v) is 4.37. The van der Waals surface area contributed by atoms with Crippen molar-refractivity contribution in [3.8, 4) is 0 Å². The molecule has 1 aromatic heterocycles. The van der Waals surface area contributed by atoms with Gasteiger partial charge in [0.2, 0.25) is 10.0 Å². The minimum Gasteiger partial charge on any atom is -0.316 e. The molecule has 1 aliphatic rings. The number of rotatable bonds is 4. The molecule has 2 aromatic rings. The number of hydrogen-bond acceptors (Lipinski definition) is 4. The van der Waals surface area contributed by atoms with Crippen LogP contribution in [0.25, 0.3) is 10.8 Å². The maximum atomic E-state index is 12.7. The second-order valence-corrected chi connectivity index (χ2v) is 8.00. The van der Waals surface area contributed by atoms with Gasteiger partial charge in [0.1, 0.15) is 0 Å². The Balaban J connectivity index is 1.86. The van der Waals surface area contributed by atoms with Gasteiger partial charge < -0.3 is 5.32 Å². The molecule has 1 aliphatic heterocycles. The lowest BCUT2D eigenvalue weighted by atomic mass is 9.83. The van der Waals surface area contributed by atoms with Crippen LogP contribution in [0.15, 0.2) is 41.6 Å². The van der Waals surface area contributed by atoms with Crippen molar-refractivity contribution >= 4 is 20.8 Å². The van der Waals surface area contributed by atoms with E-state index in [1.165, 1.54) is 0 Å². The summed E-state index contributed by atoms with van der Waals surface area (Å²) in [6.07, 6.45) is 5.41. The maximum Gasteiger partial charge on any atom is 0.241 e. The maximum absolute atomic E-state index is 12.7. The molecule has 3 rings (SSSR count). The molecule has 0 spiro atoms. The van der Waals surface area contributed by atoms with Crippen molar-refractivity contribution in [3.05, 3.63) is 36.7 Å². The smallest absolute Gasteiger partial charge is 0.241 e. The van der Waals surface area contributed by atoms with Crippen LogP contribution < -0.4 is 10.0 Å². The van der Waals surface area contributed by atoms with Gasteiger partial charge in [0.15, 0.2) is 0 Å². The predicted molar refractivity (Wildman–Crippen MR) is 87.1 cm³/mol. The molecule has 0 aliphatic carbocycles. The molecular formula is C16H21N3O2S. The van der Waals surface area contributed by atoms with Gasteiger partial charge in [-0.15, -0.1) is 0 Å². The highest BCUT2D eigenvalue weighted by atomic mass is 32.2. The van der Waals surface area contributed by atoms with Crippen molar-refractivity contribution in [2.45, 2.75) is 24.7 Å². The predicted octanol–water partition coefficient (Wildman–Crippen LogP) is 1.90. The van der Waals surface area contributed by atoms with Gasteiger partial charge in [0.05, 0.1) is 4.90 Å². The van der Waals surface area contributed by atoms with Gasteiger partial charge in [-0.25, -0.2) is 13.1 Å². The first kappa shape index (κ1) is 15.4. The Morgan fingerprint density at radius 3 is 3.00 bits per heavy atom. The van der Waals surface area contributed by atoms with Crippen LogP contribution in [0.5, 0.6) is 0 Å². The normalized spacial score (nSPS) is 22.8. The summed E-state index contributed by atoms with van der Waals surface area (Å²) < 4.78 is 28.1. The van der Waals surface area contributed by atoms with Gasteiger partial charge in [-0.2, -0.15) is 0 Å². The highest BCUT2D eigenvalue weighted by molar-refractivity contribution is 7.89. The highest BCUT2D eigenvalue weighted by Crippen LogP contribution is 2.26. The van der Waals surface area contributed by atoms with E-state index < -0.39 is 10.0 Å². The van der Waals surface area contributed by atoms with Gasteiger partial charge in [-0.05, 0) is 36.9 Å². The molecule has 2 N–H and O–H groups in total. The van der Waals surface area contributed by atoms with E-state index in [9.17, 15) is 8.42 Å². The fraction of sp³-hybridized carbons (Fsp3) is 0.438. The van der Waals surface area contributed by atoms with Crippen molar-refractivity contribution in [1.82, 2.24) is 15.0 Å². The van der Waals surface area contributed by atoms with E-state index in [1.54, 1.807) is 30.6 Å². The first-order valence-electron chi connectivity index (χ1n) is 7.53. The van der Waals surface area contributed by atoms with Crippen molar-refractivity contribution in [1.29, 1.82) is 0 Å². The minimum atomic E-state index is -3.53. The molecule has 0 radical (unpaired) electrons. The van der Waals surface area contributed by atoms with Crippen molar-refractivity contribution in [2.24, 2.45) is 5.41 Å². The largest absolute Gasteiger partial charge is 0.316 e. The molecule has 5 nitrogen and oxygen atoms in total. The van der Waals surface area contributed by atoms with E-state index >= 15 is 0 Å². The number of fused-ring (bicyclic) bond motifs is 1. The summed E-state index contributed by atoms with van der Waals surface area (Å²) in [7, 11) is -3.53. The van der Waals surface area contributed by atoms with Gasteiger partial charge in [0, 0.05) is 36.3 Å². The van der Waals surface area contributed by atoms with Crippen molar-refractivity contribution < 1.29 is 8.42 Å². The van der Waals surface area contributed by atoms with E-state index in [0.29, 0.717) is 16.8 Å². The van der Waals surface area contributed by atoms with Crippen LogP contribution in [-0.4, -0.2) is 33.0 Å². The molecule has 1 atom stereocenters. The Morgan fingerprint density at radius 1 is 1.36 bits per heavy atom. The van der Waals surface area contributed by atoms with Crippen LogP contribution in [0.3, 0.4) is 0 Å². The van der Waals surface area contributed by atoms with Crippen LogP contribution in [0, 0.1) is 5.41 Å². The standard InChI is InChI=1S/C16H21N3O2S/c1-16(7-3-8-18-11-16)12-19-22(20,21)15-5-2-4-13-10-17-9-6-14(13)15/h2,4-6,9-10,18-19H,3,7-8,11-12H2,1H3. The van der Waals surface area contributed by atoms with Gasteiger partial charge >= 0.3 is 0 Å². The van der Waals surface area contributed by atoms with Crippen molar-refractivity contribution in [2.75, 3.05) is 19.6 Å². The lowest BCUT2D eigenvalue weighted by molar-refractivity contribution is 0.238. The molecule has 1 saturated heterocycles. The van der Waals surface area contributed by atoms with Crippen LogP contribution >= 0.6 is 0 Å². The average molecular weight is 319 g/mol. The molecule has 1 fully saturated rings. The average Bonchev–Trinajstić information content (AvgIpc) is 2.53. The van der Waals surface area contributed by atoms with Crippen LogP contribution in [0.2, 0.25) is 0 Å². The molecule has 1 unspecified atom stereocenters. The summed E-state index contributed by atoms with van der Waals surface area (Å²) in [6, 6.07) is 7.01. The zero-order chi connectivity index (χ0) is 15.6. The molecule has 22 heavy (non-hydrogen) atoms. The number of sulfonamides is 1. The number of benzene rings is 1. The third-order valence-corrected chi connectivity index (χ3v) is 5.76. The van der Waals surface area contributed by atoms with E-state index in [1.807, 2.05) is 6.07 Å². The quantitative estimate of drug-likeness (QED) is 0.903. The Labute approximate surface area is 131 Å². The van der Waals surface area contributed by atoms with Gasteiger partial charge in [0.25, 0.3) is 0 Å². The summed E-state index contributed by atoms with van der Waals surface area (Å²) >= 11 is 0. The lowest BCUT2D eigenvalue weighted by Gasteiger charge is -2.34. The number of piperidine rings is 1. The summed E-state index contributed by atoms with van der Waals surface area (Å²) in [5, 5.41) is 4.87. The first-order chi connectivity index (χ1) is 10.5. The zero-order valence-corrected chi connectivity index (χ0v) is 13.5. The molecule has 2 heterocycles. The highest BCUT2D eigenvalue weighted by Gasteiger charge is 2.29. The minimum absolute atomic E-state index is 0.0303. The van der Waals surface area contributed by atoms with E-state index in [2.05, 4.69) is 21.9 Å². The second kappa shape index (κ2) is 5.95. The van der Waals surface area contributed by atoms with E-state index in [4.69, 9.17) is 0 Å².